The molecule has 0 aliphatic rings. The van der Waals surface area contributed by atoms with Crippen molar-refractivity contribution in [1.82, 2.24) is 4.90 Å². The van der Waals surface area contributed by atoms with Gasteiger partial charge in [0.1, 0.15) is 0 Å². The summed E-state index contributed by atoms with van der Waals surface area (Å²) in [6.07, 6.45) is 0.381. The van der Waals surface area contributed by atoms with Gasteiger partial charge in [-0.05, 0) is 24.6 Å². The number of hydrogen-bond acceptors (Lipinski definition) is 4. The molecular weight excluding hydrogens is 274 g/mol. The quantitative estimate of drug-likeness (QED) is 0.746. The van der Waals surface area contributed by atoms with Crippen LogP contribution in [-0.2, 0) is 20.7 Å². The Morgan fingerprint density at radius 1 is 1.25 bits per heavy atom. The third kappa shape index (κ3) is 5.53. The number of carbonyl (C=O) groups excluding carboxylic acids is 1. The number of benzene rings is 1. The van der Waals surface area contributed by atoms with E-state index in [0.717, 1.165) is 10.5 Å². The van der Waals surface area contributed by atoms with Crippen molar-refractivity contribution >= 4 is 18.5 Å². The van der Waals surface area contributed by atoms with Crippen LogP contribution in [0, 0.1) is 0 Å². The van der Waals surface area contributed by atoms with E-state index in [0.29, 0.717) is 26.2 Å². The number of carbonyl (C=O) groups is 1. The molecule has 0 aliphatic carbocycles. The standard InChI is InChI=1S/C15H23NO3S/c1-12(11-19-3)16(8-9-18-2)15(17)10-13-4-6-14(20)7-5-13/h4-7,12,20H,8-11H2,1-3H3. The molecule has 4 nitrogen and oxygen atoms in total. The normalized spacial score (nSPS) is 12.2. The fourth-order valence-corrected chi connectivity index (χ4v) is 2.15. The third-order valence-electron chi connectivity index (χ3n) is 3.09. The minimum atomic E-state index is 0.0341. The lowest BCUT2D eigenvalue weighted by Gasteiger charge is -2.28. The highest BCUT2D eigenvalue weighted by molar-refractivity contribution is 7.80. The SMILES string of the molecule is COCCN(C(=O)Cc1ccc(S)cc1)C(C)COC. The Balaban J connectivity index is 2.68. The Morgan fingerprint density at radius 3 is 2.45 bits per heavy atom. The van der Waals surface area contributed by atoms with Gasteiger partial charge in [-0.25, -0.2) is 0 Å². The Hall–Kier alpha value is -1.04. The molecule has 0 saturated heterocycles. The van der Waals surface area contributed by atoms with Gasteiger partial charge in [0.15, 0.2) is 0 Å². The van der Waals surface area contributed by atoms with Crippen LogP contribution in [-0.4, -0.2) is 50.8 Å². The molecule has 0 fully saturated rings. The van der Waals surface area contributed by atoms with E-state index in [9.17, 15) is 4.79 Å². The van der Waals surface area contributed by atoms with Crippen molar-refractivity contribution in [2.75, 3.05) is 34.0 Å². The van der Waals surface area contributed by atoms with Crippen LogP contribution in [0.1, 0.15) is 12.5 Å². The van der Waals surface area contributed by atoms with Gasteiger partial charge >= 0.3 is 0 Å². The first-order chi connectivity index (χ1) is 9.58. The van der Waals surface area contributed by atoms with E-state index in [-0.39, 0.29) is 11.9 Å². The Morgan fingerprint density at radius 2 is 1.90 bits per heavy atom. The summed E-state index contributed by atoms with van der Waals surface area (Å²) in [7, 11) is 3.27. The van der Waals surface area contributed by atoms with Crippen LogP contribution in [0.4, 0.5) is 0 Å². The highest BCUT2D eigenvalue weighted by Gasteiger charge is 2.19. The largest absolute Gasteiger partial charge is 0.383 e. The minimum Gasteiger partial charge on any atom is -0.383 e. The summed E-state index contributed by atoms with van der Waals surface area (Å²) in [5, 5.41) is 0. The van der Waals surface area contributed by atoms with Crippen molar-refractivity contribution in [3.8, 4) is 0 Å². The summed E-state index contributed by atoms with van der Waals surface area (Å²) in [6, 6.07) is 7.67. The lowest BCUT2D eigenvalue weighted by atomic mass is 10.1. The first-order valence-corrected chi connectivity index (χ1v) is 7.08. The molecule has 1 unspecified atom stereocenters. The topological polar surface area (TPSA) is 38.8 Å². The van der Waals surface area contributed by atoms with Crippen LogP contribution >= 0.6 is 12.6 Å². The molecule has 0 aliphatic heterocycles. The Kier molecular flexibility index (Phi) is 7.65. The number of amides is 1. The molecule has 0 bridgehead atoms. The maximum Gasteiger partial charge on any atom is 0.227 e. The van der Waals surface area contributed by atoms with Gasteiger partial charge in [0, 0.05) is 25.7 Å². The van der Waals surface area contributed by atoms with Crippen LogP contribution in [0.15, 0.2) is 29.2 Å². The molecule has 1 aromatic rings. The predicted octanol–water partition coefficient (Wildman–Crippen LogP) is 2.03. The molecule has 20 heavy (non-hydrogen) atoms. The van der Waals surface area contributed by atoms with E-state index in [2.05, 4.69) is 12.6 Å². The molecule has 0 aromatic heterocycles. The van der Waals surface area contributed by atoms with E-state index in [1.165, 1.54) is 0 Å². The van der Waals surface area contributed by atoms with Gasteiger partial charge in [-0.3, -0.25) is 4.79 Å². The number of nitrogens with zero attached hydrogens (tertiary/aromatic N) is 1. The monoisotopic (exact) mass is 297 g/mol. The molecule has 1 amide bonds. The number of ether oxygens (including phenoxy) is 2. The fraction of sp³-hybridized carbons (Fsp3) is 0.533. The zero-order valence-corrected chi connectivity index (χ0v) is 13.2. The Labute approximate surface area is 126 Å². The average Bonchev–Trinajstić information content (AvgIpc) is 2.42. The molecule has 0 radical (unpaired) electrons. The van der Waals surface area contributed by atoms with Crippen LogP contribution < -0.4 is 0 Å². The van der Waals surface area contributed by atoms with E-state index in [1.807, 2.05) is 36.1 Å². The van der Waals surface area contributed by atoms with E-state index in [4.69, 9.17) is 9.47 Å². The van der Waals surface area contributed by atoms with Crippen LogP contribution in [0.2, 0.25) is 0 Å². The third-order valence-corrected chi connectivity index (χ3v) is 3.39. The van der Waals surface area contributed by atoms with Gasteiger partial charge in [-0.15, -0.1) is 12.6 Å². The van der Waals surface area contributed by atoms with Crippen molar-refractivity contribution in [3.63, 3.8) is 0 Å². The number of methoxy groups -OCH3 is 2. The molecule has 5 heteroatoms. The van der Waals surface area contributed by atoms with Gasteiger partial charge in [0.25, 0.3) is 0 Å². The van der Waals surface area contributed by atoms with Gasteiger partial charge in [-0.1, -0.05) is 12.1 Å². The van der Waals surface area contributed by atoms with E-state index < -0.39 is 0 Å². The van der Waals surface area contributed by atoms with Gasteiger partial charge in [-0.2, -0.15) is 0 Å². The first-order valence-electron chi connectivity index (χ1n) is 6.63. The molecule has 1 aromatic carbocycles. The summed E-state index contributed by atoms with van der Waals surface area (Å²) in [5.74, 6) is 0.0820. The van der Waals surface area contributed by atoms with Crippen molar-refractivity contribution in [3.05, 3.63) is 29.8 Å². The fourth-order valence-electron chi connectivity index (χ4n) is 2.00. The summed E-state index contributed by atoms with van der Waals surface area (Å²) >= 11 is 4.24. The van der Waals surface area contributed by atoms with Gasteiger partial charge in [0.05, 0.1) is 25.7 Å². The summed E-state index contributed by atoms with van der Waals surface area (Å²) in [4.78, 5) is 15.1. The van der Waals surface area contributed by atoms with E-state index in [1.54, 1.807) is 14.2 Å². The maximum atomic E-state index is 12.4. The lowest BCUT2D eigenvalue weighted by molar-refractivity contribution is -0.134. The van der Waals surface area contributed by atoms with Crippen molar-refractivity contribution in [1.29, 1.82) is 0 Å². The Bertz CT molecular complexity index is 408. The molecule has 0 heterocycles. The first kappa shape index (κ1) is 17.0. The molecule has 0 spiro atoms. The predicted molar refractivity (Wildman–Crippen MR) is 82.3 cm³/mol. The van der Waals surface area contributed by atoms with Crippen LogP contribution in [0.3, 0.4) is 0 Å². The second-order valence-electron chi connectivity index (χ2n) is 4.73. The smallest absolute Gasteiger partial charge is 0.227 e. The molecule has 0 N–H and O–H groups in total. The number of rotatable bonds is 8. The molecule has 112 valence electrons. The summed E-state index contributed by atoms with van der Waals surface area (Å²) in [5.41, 5.74) is 0.986. The van der Waals surface area contributed by atoms with Crippen LogP contribution in [0.25, 0.3) is 0 Å². The minimum absolute atomic E-state index is 0.0341. The lowest BCUT2D eigenvalue weighted by Crippen LogP contribution is -2.43. The molecular formula is C15H23NO3S. The number of hydrogen-bond donors (Lipinski definition) is 1. The summed E-state index contributed by atoms with van der Waals surface area (Å²) in [6.45, 7) is 3.60. The molecule has 1 atom stereocenters. The highest BCUT2D eigenvalue weighted by atomic mass is 32.1. The summed E-state index contributed by atoms with van der Waals surface area (Å²) < 4.78 is 10.2. The molecule has 0 saturated carbocycles. The number of thiol groups is 1. The average molecular weight is 297 g/mol. The van der Waals surface area contributed by atoms with E-state index >= 15 is 0 Å². The molecule has 1 rings (SSSR count). The second-order valence-corrected chi connectivity index (χ2v) is 5.24. The maximum absolute atomic E-state index is 12.4. The van der Waals surface area contributed by atoms with Crippen molar-refractivity contribution in [2.45, 2.75) is 24.3 Å². The van der Waals surface area contributed by atoms with Crippen LogP contribution in [0.5, 0.6) is 0 Å². The highest BCUT2D eigenvalue weighted by Crippen LogP contribution is 2.11. The van der Waals surface area contributed by atoms with Gasteiger partial charge < -0.3 is 14.4 Å². The second kappa shape index (κ2) is 9.00. The van der Waals surface area contributed by atoms with Crippen molar-refractivity contribution in [2.24, 2.45) is 0 Å². The van der Waals surface area contributed by atoms with Crippen molar-refractivity contribution < 1.29 is 14.3 Å². The van der Waals surface area contributed by atoms with Gasteiger partial charge in [0.2, 0.25) is 5.91 Å². The zero-order chi connectivity index (χ0) is 15.0. The zero-order valence-electron chi connectivity index (χ0n) is 12.3.